The molecule has 6 nitrogen and oxygen atoms in total. The van der Waals surface area contributed by atoms with Crippen LogP contribution in [0.25, 0.3) is 11.1 Å². The number of fused-ring (bicyclic) bond motifs is 1. The standard InChI is InChI=1S/C15H10O6/c16-14(17)9-3-1-8(2-4-9)10-5-6-11(15(18)19)13-12(10)20-7-21-13/h1-6H,7H2,(H,16,17)(H,18,19). The van der Waals surface area contributed by atoms with Gasteiger partial charge in [-0.25, -0.2) is 9.59 Å². The van der Waals surface area contributed by atoms with Crippen LogP contribution >= 0.6 is 0 Å². The van der Waals surface area contributed by atoms with E-state index in [4.69, 9.17) is 19.7 Å². The number of ether oxygens (including phenoxy) is 2. The van der Waals surface area contributed by atoms with Crippen molar-refractivity contribution < 1.29 is 29.3 Å². The summed E-state index contributed by atoms with van der Waals surface area (Å²) in [7, 11) is 0. The van der Waals surface area contributed by atoms with Crippen molar-refractivity contribution in [3.05, 3.63) is 47.5 Å². The lowest BCUT2D eigenvalue weighted by Crippen LogP contribution is -1.99. The Kier molecular flexibility index (Phi) is 2.98. The van der Waals surface area contributed by atoms with Crippen LogP contribution in [0.1, 0.15) is 20.7 Å². The van der Waals surface area contributed by atoms with Crippen LogP contribution in [0.15, 0.2) is 36.4 Å². The van der Waals surface area contributed by atoms with Crippen LogP contribution in [0, 0.1) is 0 Å². The first-order valence-corrected chi connectivity index (χ1v) is 6.07. The smallest absolute Gasteiger partial charge is 0.339 e. The van der Waals surface area contributed by atoms with E-state index in [0.29, 0.717) is 11.3 Å². The number of carboxylic acids is 2. The molecule has 3 rings (SSSR count). The van der Waals surface area contributed by atoms with Crippen LogP contribution < -0.4 is 9.47 Å². The minimum absolute atomic E-state index is 0.0356. The summed E-state index contributed by atoms with van der Waals surface area (Å²) in [4.78, 5) is 22.0. The van der Waals surface area contributed by atoms with Crippen molar-refractivity contribution in [3.8, 4) is 22.6 Å². The molecule has 0 aromatic heterocycles. The minimum atomic E-state index is -1.09. The van der Waals surface area contributed by atoms with Crippen molar-refractivity contribution >= 4 is 11.9 Å². The van der Waals surface area contributed by atoms with Crippen LogP contribution in [-0.2, 0) is 0 Å². The van der Waals surface area contributed by atoms with Gasteiger partial charge in [-0.3, -0.25) is 0 Å². The van der Waals surface area contributed by atoms with Crippen LogP contribution in [0.3, 0.4) is 0 Å². The summed E-state index contributed by atoms with van der Waals surface area (Å²) in [6, 6.07) is 9.29. The highest BCUT2D eigenvalue weighted by atomic mass is 16.7. The Hall–Kier alpha value is -3.02. The van der Waals surface area contributed by atoms with Crippen LogP contribution in [-0.4, -0.2) is 28.9 Å². The van der Waals surface area contributed by atoms with E-state index in [-0.39, 0.29) is 23.7 Å². The molecule has 1 heterocycles. The maximum Gasteiger partial charge on any atom is 0.339 e. The quantitative estimate of drug-likeness (QED) is 0.900. The minimum Gasteiger partial charge on any atom is -0.478 e. The predicted octanol–water partition coefficient (Wildman–Crippen LogP) is 2.48. The van der Waals surface area contributed by atoms with Gasteiger partial charge in [0.05, 0.1) is 5.56 Å². The lowest BCUT2D eigenvalue weighted by Gasteiger charge is -2.08. The van der Waals surface area contributed by atoms with Crippen molar-refractivity contribution in [1.82, 2.24) is 0 Å². The molecule has 0 amide bonds. The molecular weight excluding hydrogens is 276 g/mol. The van der Waals surface area contributed by atoms with Crippen molar-refractivity contribution in [2.45, 2.75) is 0 Å². The van der Waals surface area contributed by atoms with Crippen molar-refractivity contribution in [1.29, 1.82) is 0 Å². The monoisotopic (exact) mass is 286 g/mol. The molecule has 106 valence electrons. The largest absolute Gasteiger partial charge is 0.478 e. The zero-order valence-corrected chi connectivity index (χ0v) is 10.7. The van der Waals surface area contributed by atoms with E-state index >= 15 is 0 Å². The number of aromatic carboxylic acids is 2. The van der Waals surface area contributed by atoms with E-state index in [2.05, 4.69) is 0 Å². The van der Waals surface area contributed by atoms with Crippen LogP contribution in [0.5, 0.6) is 11.5 Å². The molecule has 0 atom stereocenters. The zero-order valence-electron chi connectivity index (χ0n) is 10.7. The summed E-state index contributed by atoms with van der Waals surface area (Å²) in [5.74, 6) is -1.54. The molecule has 0 unspecified atom stereocenters. The molecular formula is C15H10O6. The molecule has 2 aromatic rings. The SMILES string of the molecule is O=C(O)c1ccc(-c2ccc(C(=O)O)c3c2OCO3)cc1. The van der Waals surface area contributed by atoms with Gasteiger partial charge in [0, 0.05) is 5.56 Å². The molecule has 0 saturated heterocycles. The Morgan fingerprint density at radius 2 is 1.52 bits per heavy atom. The maximum absolute atomic E-state index is 11.1. The van der Waals surface area contributed by atoms with Gasteiger partial charge >= 0.3 is 11.9 Å². The molecule has 0 bridgehead atoms. The number of hydrogen-bond acceptors (Lipinski definition) is 4. The average molecular weight is 286 g/mol. The highest BCUT2D eigenvalue weighted by molar-refractivity contribution is 5.95. The maximum atomic E-state index is 11.1. The number of benzene rings is 2. The summed E-state index contributed by atoms with van der Waals surface area (Å²) in [5.41, 5.74) is 1.59. The Morgan fingerprint density at radius 3 is 2.14 bits per heavy atom. The fourth-order valence-electron chi connectivity index (χ4n) is 2.18. The van der Waals surface area contributed by atoms with E-state index in [1.807, 2.05) is 0 Å². The lowest BCUT2D eigenvalue weighted by atomic mass is 10.0. The van der Waals surface area contributed by atoms with Gasteiger partial charge in [-0.1, -0.05) is 12.1 Å². The van der Waals surface area contributed by atoms with Gasteiger partial charge < -0.3 is 19.7 Å². The summed E-state index contributed by atoms with van der Waals surface area (Å²) in [6.07, 6.45) is 0. The fourth-order valence-corrected chi connectivity index (χ4v) is 2.18. The van der Waals surface area contributed by atoms with Crippen LogP contribution in [0.4, 0.5) is 0 Å². The fraction of sp³-hybridized carbons (Fsp3) is 0.0667. The molecule has 1 aliphatic heterocycles. The molecule has 2 N–H and O–H groups in total. The molecule has 0 saturated carbocycles. The first kappa shape index (κ1) is 13.0. The Labute approximate surface area is 119 Å². The van der Waals surface area contributed by atoms with Crippen LogP contribution in [0.2, 0.25) is 0 Å². The van der Waals surface area contributed by atoms with Crippen molar-refractivity contribution in [2.24, 2.45) is 0 Å². The highest BCUT2D eigenvalue weighted by Crippen LogP contribution is 2.43. The second-order valence-electron chi connectivity index (χ2n) is 4.41. The third-order valence-electron chi connectivity index (χ3n) is 3.19. The number of hydrogen-bond donors (Lipinski definition) is 2. The van der Waals surface area contributed by atoms with Crippen molar-refractivity contribution in [2.75, 3.05) is 6.79 Å². The van der Waals surface area contributed by atoms with Gasteiger partial charge in [-0.05, 0) is 29.8 Å². The first-order valence-electron chi connectivity index (χ1n) is 6.07. The summed E-state index contributed by atoms with van der Waals surface area (Å²) in [5, 5.41) is 18.0. The number of rotatable bonds is 3. The molecule has 0 fully saturated rings. The van der Waals surface area contributed by atoms with E-state index < -0.39 is 11.9 Å². The van der Waals surface area contributed by atoms with E-state index in [9.17, 15) is 9.59 Å². The van der Waals surface area contributed by atoms with Gasteiger partial charge in [0.1, 0.15) is 5.56 Å². The van der Waals surface area contributed by atoms with Gasteiger partial charge in [0.2, 0.25) is 6.79 Å². The zero-order chi connectivity index (χ0) is 15.0. The summed E-state index contributed by atoms with van der Waals surface area (Å²) in [6.45, 7) is -0.0418. The van der Waals surface area contributed by atoms with Crippen molar-refractivity contribution in [3.63, 3.8) is 0 Å². The summed E-state index contributed by atoms with van der Waals surface area (Å²) < 4.78 is 10.6. The van der Waals surface area contributed by atoms with E-state index in [0.717, 1.165) is 5.56 Å². The molecule has 2 aromatic carbocycles. The van der Waals surface area contributed by atoms with Gasteiger partial charge in [0.25, 0.3) is 0 Å². The molecule has 0 radical (unpaired) electrons. The van der Waals surface area contributed by atoms with E-state index in [1.54, 1.807) is 18.2 Å². The van der Waals surface area contributed by atoms with Gasteiger partial charge in [-0.2, -0.15) is 0 Å². The number of carboxylic acid groups (broad SMARTS) is 2. The Balaban J connectivity index is 2.09. The predicted molar refractivity (Wildman–Crippen MR) is 71.9 cm³/mol. The normalized spacial score (nSPS) is 12.2. The average Bonchev–Trinajstić information content (AvgIpc) is 2.95. The highest BCUT2D eigenvalue weighted by Gasteiger charge is 2.25. The lowest BCUT2D eigenvalue weighted by molar-refractivity contribution is 0.0683. The second-order valence-corrected chi connectivity index (χ2v) is 4.41. The first-order chi connectivity index (χ1) is 10.1. The summed E-state index contributed by atoms with van der Waals surface area (Å²) >= 11 is 0. The third-order valence-corrected chi connectivity index (χ3v) is 3.19. The Morgan fingerprint density at radius 1 is 0.857 bits per heavy atom. The van der Waals surface area contributed by atoms with Gasteiger partial charge in [0.15, 0.2) is 11.5 Å². The molecule has 0 aliphatic carbocycles. The second kappa shape index (κ2) is 4.82. The topological polar surface area (TPSA) is 93.1 Å². The van der Waals surface area contributed by atoms with Gasteiger partial charge in [-0.15, -0.1) is 0 Å². The molecule has 21 heavy (non-hydrogen) atoms. The third kappa shape index (κ3) is 2.16. The Bertz CT molecular complexity index is 733. The molecule has 6 heteroatoms. The van der Waals surface area contributed by atoms with E-state index in [1.165, 1.54) is 18.2 Å². The molecule has 0 spiro atoms. The number of carbonyl (C=O) groups is 2. The molecule has 1 aliphatic rings.